The fraction of sp³-hybridized carbons (Fsp3) is 0.0714. The van der Waals surface area contributed by atoms with Crippen LogP contribution >= 0.6 is 0 Å². The summed E-state index contributed by atoms with van der Waals surface area (Å²) in [5.41, 5.74) is -0.463. The van der Waals surface area contributed by atoms with Crippen molar-refractivity contribution in [2.75, 3.05) is 0 Å². The van der Waals surface area contributed by atoms with Gasteiger partial charge in [0.15, 0.2) is 0 Å². The molecule has 106 valence electrons. The number of rotatable bonds is 1. The Balaban J connectivity index is 2.29. The first-order valence-corrected chi connectivity index (χ1v) is 5.97. The van der Waals surface area contributed by atoms with Crippen molar-refractivity contribution in [2.45, 2.75) is 6.18 Å². The van der Waals surface area contributed by atoms with E-state index in [1.807, 2.05) is 0 Å². The van der Waals surface area contributed by atoms with E-state index < -0.39 is 17.6 Å². The number of aromatic nitrogens is 3. The molecule has 0 saturated heterocycles. The van der Waals surface area contributed by atoms with Gasteiger partial charge in [0.25, 0.3) is 5.56 Å². The Hall–Kier alpha value is -2.70. The second-order valence-corrected chi connectivity index (χ2v) is 4.38. The fourth-order valence-corrected chi connectivity index (χ4v) is 2.07. The highest BCUT2D eigenvalue weighted by molar-refractivity contribution is 5.95. The molecule has 4 nitrogen and oxygen atoms in total. The Bertz CT molecular complexity index is 866. The average Bonchev–Trinajstić information content (AvgIpc) is 2.45. The first-order valence-electron chi connectivity index (χ1n) is 5.97. The van der Waals surface area contributed by atoms with Crippen LogP contribution in [-0.4, -0.2) is 15.0 Å². The second-order valence-electron chi connectivity index (χ2n) is 4.38. The predicted octanol–water partition coefficient (Wildman–Crippen LogP) is 3.00. The van der Waals surface area contributed by atoms with E-state index in [1.54, 1.807) is 35.4 Å². The topological polar surface area (TPSA) is 58.6 Å². The fourth-order valence-electron chi connectivity index (χ4n) is 2.07. The van der Waals surface area contributed by atoms with Crippen molar-refractivity contribution < 1.29 is 13.2 Å². The standard InChI is InChI=1S/C14H8F3N3O/c15-14(16,17)13-19-11(6-12(21)20-13)9-3-1-2-8-4-5-18-7-10(8)9/h1-7H,(H,19,20,21). The summed E-state index contributed by atoms with van der Waals surface area (Å²) in [5.74, 6) is -1.31. The highest BCUT2D eigenvalue weighted by atomic mass is 19.4. The summed E-state index contributed by atoms with van der Waals surface area (Å²) in [6.07, 6.45) is -1.60. The van der Waals surface area contributed by atoms with Gasteiger partial charge in [-0.25, -0.2) is 4.98 Å². The van der Waals surface area contributed by atoms with E-state index in [1.165, 1.54) is 6.20 Å². The second kappa shape index (κ2) is 4.69. The van der Waals surface area contributed by atoms with Gasteiger partial charge in [-0.1, -0.05) is 18.2 Å². The van der Waals surface area contributed by atoms with E-state index in [-0.39, 0.29) is 5.69 Å². The highest BCUT2D eigenvalue weighted by Crippen LogP contribution is 2.29. The molecule has 1 aromatic carbocycles. The van der Waals surface area contributed by atoms with E-state index in [0.717, 1.165) is 11.5 Å². The number of fused-ring (bicyclic) bond motifs is 1. The Morgan fingerprint density at radius 1 is 1.14 bits per heavy atom. The van der Waals surface area contributed by atoms with Crippen LogP contribution in [0.15, 0.2) is 47.5 Å². The maximum absolute atomic E-state index is 12.7. The van der Waals surface area contributed by atoms with Gasteiger partial charge in [-0.3, -0.25) is 9.78 Å². The number of pyridine rings is 1. The van der Waals surface area contributed by atoms with Gasteiger partial charge in [0.2, 0.25) is 5.82 Å². The van der Waals surface area contributed by atoms with E-state index in [0.29, 0.717) is 10.9 Å². The minimum Gasteiger partial charge on any atom is -0.303 e. The number of nitrogens with zero attached hydrogens (tertiary/aromatic N) is 2. The molecule has 2 aromatic heterocycles. The molecule has 0 unspecified atom stereocenters. The van der Waals surface area contributed by atoms with E-state index >= 15 is 0 Å². The number of H-pyrrole nitrogens is 1. The van der Waals surface area contributed by atoms with Gasteiger partial charge < -0.3 is 4.98 Å². The molecule has 0 bridgehead atoms. The Labute approximate surface area is 116 Å². The van der Waals surface area contributed by atoms with E-state index in [2.05, 4.69) is 9.97 Å². The molecule has 3 aromatic rings. The van der Waals surface area contributed by atoms with Crippen molar-refractivity contribution in [3.63, 3.8) is 0 Å². The van der Waals surface area contributed by atoms with E-state index in [4.69, 9.17) is 0 Å². The summed E-state index contributed by atoms with van der Waals surface area (Å²) in [4.78, 5) is 20.6. The molecule has 0 aliphatic rings. The zero-order valence-corrected chi connectivity index (χ0v) is 10.5. The monoisotopic (exact) mass is 291 g/mol. The highest BCUT2D eigenvalue weighted by Gasteiger charge is 2.34. The number of nitrogens with one attached hydrogen (secondary N) is 1. The first kappa shape index (κ1) is 13.3. The molecule has 0 atom stereocenters. The Morgan fingerprint density at radius 2 is 1.95 bits per heavy atom. The molecule has 0 aliphatic carbocycles. The third-order valence-electron chi connectivity index (χ3n) is 2.97. The van der Waals surface area contributed by atoms with Crippen molar-refractivity contribution in [1.82, 2.24) is 15.0 Å². The third-order valence-corrected chi connectivity index (χ3v) is 2.97. The SMILES string of the molecule is O=c1cc(-c2cccc3ccncc23)nc(C(F)(F)F)[nH]1. The van der Waals surface area contributed by atoms with Crippen LogP contribution in [0.2, 0.25) is 0 Å². The number of hydrogen-bond donors (Lipinski definition) is 1. The normalized spacial score (nSPS) is 11.8. The molecule has 0 spiro atoms. The summed E-state index contributed by atoms with van der Waals surface area (Å²) in [5, 5.41) is 1.43. The van der Waals surface area contributed by atoms with Gasteiger partial charge in [0.1, 0.15) is 0 Å². The van der Waals surface area contributed by atoms with E-state index in [9.17, 15) is 18.0 Å². The molecule has 3 rings (SSSR count). The maximum atomic E-state index is 12.7. The van der Waals surface area contributed by atoms with Gasteiger partial charge in [-0.05, 0) is 11.5 Å². The number of aromatic amines is 1. The minimum atomic E-state index is -4.71. The largest absolute Gasteiger partial charge is 0.449 e. The Kier molecular flexibility index (Phi) is 2.97. The molecule has 21 heavy (non-hydrogen) atoms. The van der Waals surface area contributed by atoms with Gasteiger partial charge in [0, 0.05) is 29.4 Å². The van der Waals surface area contributed by atoms with Gasteiger partial charge in [0.05, 0.1) is 5.69 Å². The number of hydrogen-bond acceptors (Lipinski definition) is 3. The number of halogens is 3. The number of benzene rings is 1. The van der Waals surface area contributed by atoms with Crippen molar-refractivity contribution in [1.29, 1.82) is 0 Å². The molecule has 2 heterocycles. The van der Waals surface area contributed by atoms with Crippen LogP contribution in [0.5, 0.6) is 0 Å². The number of alkyl halides is 3. The van der Waals surface area contributed by atoms with Crippen LogP contribution in [-0.2, 0) is 6.18 Å². The zero-order valence-electron chi connectivity index (χ0n) is 10.5. The van der Waals surface area contributed by atoms with Crippen LogP contribution in [0.3, 0.4) is 0 Å². The molecule has 0 aliphatic heterocycles. The van der Waals surface area contributed by atoms with Crippen LogP contribution in [0, 0.1) is 0 Å². The smallest absolute Gasteiger partial charge is 0.303 e. The molecule has 0 amide bonds. The van der Waals surface area contributed by atoms with Crippen molar-refractivity contribution in [3.05, 3.63) is 58.9 Å². The lowest BCUT2D eigenvalue weighted by molar-refractivity contribution is -0.145. The van der Waals surface area contributed by atoms with Crippen LogP contribution in [0.4, 0.5) is 13.2 Å². The summed E-state index contributed by atoms with van der Waals surface area (Å²) >= 11 is 0. The van der Waals surface area contributed by atoms with Crippen molar-refractivity contribution in [3.8, 4) is 11.3 Å². The minimum absolute atomic E-state index is 0.0373. The predicted molar refractivity (Wildman–Crippen MR) is 70.6 cm³/mol. The van der Waals surface area contributed by atoms with Crippen LogP contribution in [0.1, 0.15) is 5.82 Å². The quantitative estimate of drug-likeness (QED) is 0.749. The molecule has 1 N–H and O–H groups in total. The molecule has 0 fully saturated rings. The first-order chi connectivity index (χ1) is 9.95. The lowest BCUT2D eigenvalue weighted by atomic mass is 10.0. The molecular formula is C14H8F3N3O. The molecule has 0 saturated carbocycles. The maximum Gasteiger partial charge on any atom is 0.449 e. The summed E-state index contributed by atoms with van der Waals surface area (Å²) in [6.45, 7) is 0. The van der Waals surface area contributed by atoms with Crippen molar-refractivity contribution in [2.24, 2.45) is 0 Å². The summed E-state index contributed by atoms with van der Waals surface area (Å²) in [7, 11) is 0. The van der Waals surface area contributed by atoms with Gasteiger partial charge >= 0.3 is 6.18 Å². The summed E-state index contributed by atoms with van der Waals surface area (Å²) < 4.78 is 38.2. The third kappa shape index (κ3) is 2.49. The van der Waals surface area contributed by atoms with Gasteiger partial charge in [-0.2, -0.15) is 13.2 Å². The average molecular weight is 291 g/mol. The zero-order chi connectivity index (χ0) is 15.0. The lowest BCUT2D eigenvalue weighted by Crippen LogP contribution is -2.18. The van der Waals surface area contributed by atoms with Crippen molar-refractivity contribution >= 4 is 10.8 Å². The van der Waals surface area contributed by atoms with Crippen LogP contribution in [0.25, 0.3) is 22.0 Å². The van der Waals surface area contributed by atoms with Gasteiger partial charge in [-0.15, -0.1) is 0 Å². The molecular weight excluding hydrogens is 283 g/mol. The lowest BCUT2D eigenvalue weighted by Gasteiger charge is -2.09. The van der Waals surface area contributed by atoms with Crippen LogP contribution < -0.4 is 5.56 Å². The summed E-state index contributed by atoms with van der Waals surface area (Å²) in [6, 6.07) is 7.87. The molecule has 0 radical (unpaired) electrons. The Morgan fingerprint density at radius 3 is 2.71 bits per heavy atom. The molecule has 7 heteroatoms.